The monoisotopic (exact) mass is 595 g/mol. The van der Waals surface area contributed by atoms with Gasteiger partial charge >= 0.3 is 0 Å². The van der Waals surface area contributed by atoms with Gasteiger partial charge in [-0.15, -0.1) is 0 Å². The number of hydrogen-bond donors (Lipinski definition) is 5. The van der Waals surface area contributed by atoms with E-state index in [-0.39, 0.29) is 24.3 Å². The maximum atomic E-state index is 12.6. The van der Waals surface area contributed by atoms with Crippen LogP contribution in [0.2, 0.25) is 0 Å². The topological polar surface area (TPSA) is 139 Å². The van der Waals surface area contributed by atoms with Crippen LogP contribution in [0.5, 0.6) is 0 Å². The lowest BCUT2D eigenvalue weighted by molar-refractivity contribution is -0.120. The minimum Gasteiger partial charge on any atom is -0.387 e. The fraction of sp³-hybridized carbons (Fsp3) is 0.286. The maximum absolute atomic E-state index is 12.6. The van der Waals surface area contributed by atoms with Crippen molar-refractivity contribution in [2.24, 2.45) is 0 Å². The van der Waals surface area contributed by atoms with Crippen molar-refractivity contribution in [2.45, 2.75) is 45.1 Å². The maximum Gasteiger partial charge on any atom is 0.251 e. The lowest BCUT2D eigenvalue weighted by Crippen LogP contribution is -2.32. The summed E-state index contributed by atoms with van der Waals surface area (Å²) < 4.78 is 5.61. The molecular formula is C35H41N5O4. The second kappa shape index (κ2) is 16.9. The van der Waals surface area contributed by atoms with Gasteiger partial charge in [0.2, 0.25) is 5.91 Å². The number of aliphatic hydroxyl groups is 1. The Morgan fingerprint density at radius 1 is 0.886 bits per heavy atom. The molecular weight excluding hydrogens is 554 g/mol. The molecule has 0 spiro atoms. The van der Waals surface area contributed by atoms with Gasteiger partial charge in [-0.05, 0) is 53.8 Å². The van der Waals surface area contributed by atoms with Crippen molar-refractivity contribution < 1.29 is 19.4 Å². The summed E-state index contributed by atoms with van der Waals surface area (Å²) in [4.78, 5) is 29.1. The molecule has 0 aliphatic heterocycles. The Bertz CT molecular complexity index is 1460. The second-order valence-electron chi connectivity index (χ2n) is 10.8. The first-order valence-corrected chi connectivity index (χ1v) is 14.8. The number of nitrogen functional groups attached to an aromatic ring is 1. The van der Waals surface area contributed by atoms with Gasteiger partial charge in [-0.25, -0.2) is 4.98 Å². The van der Waals surface area contributed by atoms with Gasteiger partial charge in [0.25, 0.3) is 5.91 Å². The Kier molecular flexibility index (Phi) is 12.4. The minimum atomic E-state index is -0.676. The van der Waals surface area contributed by atoms with Gasteiger partial charge in [-0.2, -0.15) is 0 Å². The molecule has 0 radical (unpaired) electrons. The third-order valence-electron chi connectivity index (χ3n) is 7.10. The summed E-state index contributed by atoms with van der Waals surface area (Å²) in [6.45, 7) is 4.19. The molecule has 9 heteroatoms. The van der Waals surface area contributed by atoms with Crippen LogP contribution in [0.1, 0.15) is 51.2 Å². The molecule has 0 saturated heterocycles. The van der Waals surface area contributed by atoms with E-state index < -0.39 is 6.10 Å². The van der Waals surface area contributed by atoms with Crippen LogP contribution >= 0.6 is 0 Å². The molecule has 6 N–H and O–H groups in total. The number of anilines is 1. The van der Waals surface area contributed by atoms with Gasteiger partial charge in [0.1, 0.15) is 5.82 Å². The Hall–Kier alpha value is -4.57. The molecule has 230 valence electrons. The second-order valence-corrected chi connectivity index (χ2v) is 10.8. The Labute approximate surface area is 258 Å². The zero-order chi connectivity index (χ0) is 31.1. The smallest absolute Gasteiger partial charge is 0.251 e. The number of aliphatic hydroxyl groups excluding tert-OH is 1. The van der Waals surface area contributed by atoms with Gasteiger partial charge < -0.3 is 31.5 Å². The summed E-state index contributed by atoms with van der Waals surface area (Å²) in [7, 11) is 0. The number of benzene rings is 3. The molecule has 3 aromatic carbocycles. The Morgan fingerprint density at radius 3 is 2.39 bits per heavy atom. The summed E-state index contributed by atoms with van der Waals surface area (Å²) in [6, 6.07) is 28.6. The number of aromatic nitrogens is 1. The van der Waals surface area contributed by atoms with E-state index in [9.17, 15) is 14.7 Å². The predicted octanol–water partition coefficient (Wildman–Crippen LogP) is 3.72. The molecule has 2 amide bonds. The third kappa shape index (κ3) is 10.9. The van der Waals surface area contributed by atoms with Gasteiger partial charge in [0.05, 0.1) is 25.7 Å². The number of carbonyl (C=O) groups is 2. The highest BCUT2D eigenvalue weighted by Gasteiger charge is 2.12. The van der Waals surface area contributed by atoms with Crippen molar-refractivity contribution >= 4 is 17.6 Å². The number of ether oxygens (including phenoxy) is 1. The van der Waals surface area contributed by atoms with Crippen molar-refractivity contribution in [1.82, 2.24) is 20.9 Å². The van der Waals surface area contributed by atoms with Crippen LogP contribution in [-0.4, -0.2) is 47.6 Å². The van der Waals surface area contributed by atoms with E-state index >= 15 is 0 Å². The standard InChI is InChI=1S/C35H41N5O4/c1-25(38-23-32(41)31-14-15-33(36)39-22-31)18-28-8-5-9-29(19-28)20-34(42)40-21-26-10-12-30(13-11-26)35(43)37-16-17-44-24-27-6-3-2-4-7-27/h2-15,19,22,25,32,38,41H,16-18,20-21,23-24H2,1H3,(H2,36,39)(H,37,43)(H,40,42)/t25-,32-/m1/s1. The summed E-state index contributed by atoms with van der Waals surface area (Å²) in [5.74, 6) is 0.179. The van der Waals surface area contributed by atoms with Crippen LogP contribution in [0.3, 0.4) is 0 Å². The van der Waals surface area contributed by atoms with E-state index in [1.807, 2.05) is 66.7 Å². The molecule has 1 aromatic heterocycles. The minimum absolute atomic E-state index is 0.0779. The quantitative estimate of drug-likeness (QED) is 0.125. The molecule has 44 heavy (non-hydrogen) atoms. The average Bonchev–Trinajstić information content (AvgIpc) is 3.03. The summed E-state index contributed by atoms with van der Waals surface area (Å²) in [5, 5.41) is 19.6. The van der Waals surface area contributed by atoms with Crippen LogP contribution in [0.4, 0.5) is 5.82 Å². The van der Waals surface area contributed by atoms with E-state index in [1.165, 1.54) is 0 Å². The van der Waals surface area contributed by atoms with Gasteiger partial charge in [-0.3, -0.25) is 9.59 Å². The molecule has 0 saturated carbocycles. The van der Waals surface area contributed by atoms with Crippen LogP contribution in [0.25, 0.3) is 0 Å². The van der Waals surface area contributed by atoms with Crippen LogP contribution in [-0.2, 0) is 35.5 Å². The summed E-state index contributed by atoms with van der Waals surface area (Å²) in [6.07, 6.45) is 1.93. The van der Waals surface area contributed by atoms with Gasteiger partial charge in [0, 0.05) is 43.0 Å². The Balaban J connectivity index is 1.14. The first-order chi connectivity index (χ1) is 21.4. The normalized spacial score (nSPS) is 12.3. The number of nitrogens with two attached hydrogens (primary N) is 1. The number of amides is 2. The van der Waals surface area contributed by atoms with E-state index in [2.05, 4.69) is 27.9 Å². The third-order valence-corrected chi connectivity index (χ3v) is 7.10. The lowest BCUT2D eigenvalue weighted by Gasteiger charge is -2.18. The molecule has 0 bridgehead atoms. The zero-order valence-corrected chi connectivity index (χ0v) is 25.0. The fourth-order valence-electron chi connectivity index (χ4n) is 4.66. The van der Waals surface area contributed by atoms with Crippen LogP contribution < -0.4 is 21.7 Å². The van der Waals surface area contributed by atoms with Gasteiger partial charge in [-0.1, -0.05) is 72.8 Å². The number of nitrogens with one attached hydrogen (secondary N) is 3. The highest BCUT2D eigenvalue weighted by Crippen LogP contribution is 2.13. The highest BCUT2D eigenvalue weighted by molar-refractivity contribution is 5.94. The van der Waals surface area contributed by atoms with Crippen molar-refractivity contribution in [3.63, 3.8) is 0 Å². The Morgan fingerprint density at radius 2 is 1.64 bits per heavy atom. The molecule has 4 rings (SSSR count). The van der Waals surface area contributed by atoms with E-state index in [0.717, 1.165) is 28.7 Å². The molecule has 0 unspecified atom stereocenters. The van der Waals surface area contributed by atoms with E-state index in [0.29, 0.717) is 49.8 Å². The number of nitrogens with zero attached hydrogens (tertiary/aromatic N) is 1. The fourth-order valence-corrected chi connectivity index (χ4v) is 4.66. The largest absolute Gasteiger partial charge is 0.387 e. The molecule has 0 aliphatic rings. The van der Waals surface area contributed by atoms with Crippen molar-refractivity contribution in [3.05, 3.63) is 131 Å². The van der Waals surface area contributed by atoms with E-state index in [1.54, 1.807) is 30.5 Å². The molecule has 1 heterocycles. The number of rotatable bonds is 16. The summed E-state index contributed by atoms with van der Waals surface area (Å²) in [5.41, 5.74) is 10.9. The SMILES string of the molecule is C[C@H](Cc1cccc(CC(=O)NCc2ccc(C(=O)NCCOCc3ccccc3)cc2)c1)NC[C@@H](O)c1ccc(N)nc1. The number of hydrogen-bond acceptors (Lipinski definition) is 7. The van der Waals surface area contributed by atoms with E-state index in [4.69, 9.17) is 10.5 Å². The molecule has 0 fully saturated rings. The number of pyridine rings is 1. The summed E-state index contributed by atoms with van der Waals surface area (Å²) >= 11 is 0. The first kappa shape index (κ1) is 32.3. The van der Waals surface area contributed by atoms with Crippen LogP contribution in [0, 0.1) is 0 Å². The molecule has 2 atom stereocenters. The average molecular weight is 596 g/mol. The van der Waals surface area contributed by atoms with Crippen molar-refractivity contribution in [2.75, 3.05) is 25.4 Å². The van der Waals surface area contributed by atoms with Crippen molar-refractivity contribution in [3.8, 4) is 0 Å². The van der Waals surface area contributed by atoms with Crippen LogP contribution in [0.15, 0.2) is 97.2 Å². The first-order valence-electron chi connectivity index (χ1n) is 14.8. The molecule has 0 aliphatic carbocycles. The van der Waals surface area contributed by atoms with Crippen molar-refractivity contribution in [1.29, 1.82) is 0 Å². The highest BCUT2D eigenvalue weighted by atomic mass is 16.5. The van der Waals surface area contributed by atoms with Gasteiger partial charge in [0.15, 0.2) is 0 Å². The molecule has 9 nitrogen and oxygen atoms in total. The number of carbonyl (C=O) groups excluding carboxylic acids is 2. The lowest BCUT2D eigenvalue weighted by atomic mass is 10.0. The molecule has 4 aromatic rings. The predicted molar refractivity (Wildman–Crippen MR) is 172 cm³/mol. The zero-order valence-electron chi connectivity index (χ0n) is 25.0.